The van der Waals surface area contributed by atoms with Crippen molar-refractivity contribution in [2.45, 2.75) is 26.2 Å². The zero-order valence-corrected chi connectivity index (χ0v) is 13.2. The normalized spacial score (nSPS) is 12.3. The number of hydrogen-bond donors (Lipinski definition) is 1. The molecule has 0 bridgehead atoms. The highest BCUT2D eigenvalue weighted by Crippen LogP contribution is 2.21. The van der Waals surface area contributed by atoms with Gasteiger partial charge in [-0.25, -0.2) is 0 Å². The van der Waals surface area contributed by atoms with Gasteiger partial charge in [-0.05, 0) is 49.1 Å². The lowest BCUT2D eigenvalue weighted by atomic mass is 9.96. The molecule has 0 aliphatic carbocycles. The summed E-state index contributed by atoms with van der Waals surface area (Å²) < 4.78 is 0. The Morgan fingerprint density at radius 3 is 2.82 bits per heavy atom. The summed E-state index contributed by atoms with van der Waals surface area (Å²) in [5.74, 6) is 0.564. The predicted octanol–water partition coefficient (Wildman–Crippen LogP) is 5.15. The monoisotopic (exact) mass is 290 g/mol. The van der Waals surface area contributed by atoms with Crippen molar-refractivity contribution in [2.24, 2.45) is 0 Å². The fourth-order valence-electron chi connectivity index (χ4n) is 2.76. The van der Waals surface area contributed by atoms with Gasteiger partial charge in [-0.2, -0.15) is 0 Å². The summed E-state index contributed by atoms with van der Waals surface area (Å²) in [5.41, 5.74) is 4.96. The Balaban J connectivity index is 1.59. The lowest BCUT2D eigenvalue weighted by Crippen LogP contribution is -2.06. The van der Waals surface area contributed by atoms with Gasteiger partial charge in [-0.3, -0.25) is 4.98 Å². The molecule has 1 aromatic heterocycles. The highest BCUT2D eigenvalue weighted by Gasteiger charge is 2.05. The van der Waals surface area contributed by atoms with Gasteiger partial charge in [0.2, 0.25) is 0 Å². The number of anilines is 1. The molecule has 3 rings (SSSR count). The third-order valence-electron chi connectivity index (χ3n) is 4.12. The SMILES string of the molecule is Cc1cccc(C(C)CCNc2ccc3ncccc3c2)c1. The molecule has 0 radical (unpaired) electrons. The number of nitrogens with zero attached hydrogens (tertiary/aromatic N) is 1. The average molecular weight is 290 g/mol. The van der Waals surface area contributed by atoms with Gasteiger partial charge >= 0.3 is 0 Å². The number of hydrogen-bond acceptors (Lipinski definition) is 2. The Morgan fingerprint density at radius 2 is 1.95 bits per heavy atom. The van der Waals surface area contributed by atoms with Crippen molar-refractivity contribution >= 4 is 16.6 Å². The zero-order chi connectivity index (χ0) is 15.4. The number of pyridine rings is 1. The van der Waals surface area contributed by atoms with E-state index >= 15 is 0 Å². The van der Waals surface area contributed by atoms with Crippen LogP contribution in [0.25, 0.3) is 10.9 Å². The third-order valence-corrected chi connectivity index (χ3v) is 4.12. The molecule has 0 spiro atoms. The van der Waals surface area contributed by atoms with Crippen molar-refractivity contribution in [3.8, 4) is 0 Å². The van der Waals surface area contributed by atoms with E-state index < -0.39 is 0 Å². The summed E-state index contributed by atoms with van der Waals surface area (Å²) in [6, 6.07) is 19.2. The molecular weight excluding hydrogens is 268 g/mol. The van der Waals surface area contributed by atoms with Crippen LogP contribution in [0.2, 0.25) is 0 Å². The first-order chi connectivity index (χ1) is 10.7. The van der Waals surface area contributed by atoms with E-state index in [0.29, 0.717) is 5.92 Å². The molecule has 2 aromatic carbocycles. The molecule has 1 N–H and O–H groups in total. The van der Waals surface area contributed by atoms with Gasteiger partial charge in [0.15, 0.2) is 0 Å². The van der Waals surface area contributed by atoms with Crippen LogP contribution in [-0.4, -0.2) is 11.5 Å². The summed E-state index contributed by atoms with van der Waals surface area (Å²) in [6.07, 6.45) is 2.95. The zero-order valence-electron chi connectivity index (χ0n) is 13.2. The highest BCUT2D eigenvalue weighted by atomic mass is 14.9. The van der Waals surface area contributed by atoms with E-state index in [4.69, 9.17) is 0 Å². The van der Waals surface area contributed by atoms with Gasteiger partial charge in [-0.1, -0.05) is 42.8 Å². The van der Waals surface area contributed by atoms with Crippen molar-refractivity contribution in [3.05, 3.63) is 71.9 Å². The van der Waals surface area contributed by atoms with E-state index in [2.05, 4.69) is 72.7 Å². The minimum absolute atomic E-state index is 0.564. The quantitative estimate of drug-likeness (QED) is 0.703. The molecule has 0 aliphatic rings. The fraction of sp³-hybridized carbons (Fsp3) is 0.250. The summed E-state index contributed by atoms with van der Waals surface area (Å²) in [5, 5.41) is 4.70. The van der Waals surface area contributed by atoms with Gasteiger partial charge in [0.1, 0.15) is 0 Å². The number of nitrogens with one attached hydrogen (secondary N) is 1. The molecule has 0 saturated heterocycles. The molecule has 1 atom stereocenters. The van der Waals surface area contributed by atoms with Crippen LogP contribution >= 0.6 is 0 Å². The second-order valence-corrected chi connectivity index (χ2v) is 5.94. The van der Waals surface area contributed by atoms with Crippen molar-refractivity contribution in [2.75, 3.05) is 11.9 Å². The van der Waals surface area contributed by atoms with Gasteiger partial charge in [0.05, 0.1) is 5.52 Å². The molecule has 112 valence electrons. The largest absolute Gasteiger partial charge is 0.385 e. The van der Waals surface area contributed by atoms with E-state index in [1.807, 2.05) is 12.3 Å². The molecule has 1 unspecified atom stereocenters. The first-order valence-electron chi connectivity index (χ1n) is 7.87. The molecular formula is C20H22N2. The lowest BCUT2D eigenvalue weighted by molar-refractivity contribution is 0.705. The highest BCUT2D eigenvalue weighted by molar-refractivity contribution is 5.82. The standard InChI is InChI=1S/C20H22N2/c1-15-5-3-6-17(13-15)16(2)10-12-21-19-8-9-20-18(14-19)7-4-11-22-20/h3-9,11,13-14,16,21H,10,12H2,1-2H3. The van der Waals surface area contributed by atoms with Crippen molar-refractivity contribution in [3.63, 3.8) is 0 Å². The number of aryl methyl sites for hydroxylation is 1. The van der Waals surface area contributed by atoms with Crippen LogP contribution in [0, 0.1) is 6.92 Å². The maximum atomic E-state index is 4.35. The van der Waals surface area contributed by atoms with Crippen LogP contribution in [0.15, 0.2) is 60.8 Å². The second-order valence-electron chi connectivity index (χ2n) is 5.94. The first kappa shape index (κ1) is 14.6. The minimum Gasteiger partial charge on any atom is -0.385 e. The Bertz CT molecular complexity index is 764. The van der Waals surface area contributed by atoms with Crippen molar-refractivity contribution < 1.29 is 0 Å². The topological polar surface area (TPSA) is 24.9 Å². The van der Waals surface area contributed by atoms with Crippen LogP contribution in [0.1, 0.15) is 30.4 Å². The molecule has 0 fully saturated rings. The number of fused-ring (bicyclic) bond motifs is 1. The van der Waals surface area contributed by atoms with Crippen LogP contribution < -0.4 is 5.32 Å². The van der Waals surface area contributed by atoms with Gasteiger partial charge < -0.3 is 5.32 Å². The molecule has 0 aliphatic heterocycles. The average Bonchev–Trinajstić information content (AvgIpc) is 2.54. The molecule has 22 heavy (non-hydrogen) atoms. The Hall–Kier alpha value is -2.35. The van der Waals surface area contributed by atoms with Gasteiger partial charge in [0, 0.05) is 23.8 Å². The second kappa shape index (κ2) is 6.61. The molecule has 0 saturated carbocycles. The molecule has 0 amide bonds. The van der Waals surface area contributed by atoms with E-state index in [-0.39, 0.29) is 0 Å². The van der Waals surface area contributed by atoms with Crippen molar-refractivity contribution in [1.82, 2.24) is 4.98 Å². The Labute approximate surface area is 132 Å². The predicted molar refractivity (Wildman–Crippen MR) is 94.4 cm³/mol. The van der Waals surface area contributed by atoms with E-state index in [1.165, 1.54) is 16.5 Å². The van der Waals surface area contributed by atoms with Crippen LogP contribution in [0.4, 0.5) is 5.69 Å². The van der Waals surface area contributed by atoms with Gasteiger partial charge in [0.25, 0.3) is 0 Å². The minimum atomic E-state index is 0.564. The summed E-state index contributed by atoms with van der Waals surface area (Å²) in [7, 11) is 0. The summed E-state index contributed by atoms with van der Waals surface area (Å²) >= 11 is 0. The Kier molecular flexibility index (Phi) is 4.38. The molecule has 3 aromatic rings. The summed E-state index contributed by atoms with van der Waals surface area (Å²) in [6.45, 7) is 5.42. The fourth-order valence-corrected chi connectivity index (χ4v) is 2.76. The summed E-state index contributed by atoms with van der Waals surface area (Å²) in [4.78, 5) is 4.35. The van der Waals surface area contributed by atoms with Crippen LogP contribution in [0.5, 0.6) is 0 Å². The van der Waals surface area contributed by atoms with E-state index in [9.17, 15) is 0 Å². The number of aromatic nitrogens is 1. The van der Waals surface area contributed by atoms with Crippen molar-refractivity contribution in [1.29, 1.82) is 0 Å². The molecule has 2 heteroatoms. The smallest absolute Gasteiger partial charge is 0.0703 e. The van der Waals surface area contributed by atoms with E-state index in [1.54, 1.807) is 0 Å². The molecule has 2 nitrogen and oxygen atoms in total. The van der Waals surface area contributed by atoms with Gasteiger partial charge in [-0.15, -0.1) is 0 Å². The number of benzene rings is 2. The van der Waals surface area contributed by atoms with Crippen LogP contribution in [0.3, 0.4) is 0 Å². The lowest BCUT2D eigenvalue weighted by Gasteiger charge is -2.14. The third kappa shape index (κ3) is 3.45. The molecule has 1 heterocycles. The van der Waals surface area contributed by atoms with Crippen LogP contribution in [-0.2, 0) is 0 Å². The van der Waals surface area contributed by atoms with E-state index in [0.717, 1.165) is 24.2 Å². The first-order valence-corrected chi connectivity index (χ1v) is 7.87. The number of rotatable bonds is 5. The Morgan fingerprint density at radius 1 is 1.05 bits per heavy atom. The maximum Gasteiger partial charge on any atom is 0.0703 e. The maximum absolute atomic E-state index is 4.35.